The molecule has 0 saturated heterocycles. The van der Waals surface area contributed by atoms with Crippen LogP contribution in [0.4, 0.5) is 4.39 Å². The first-order chi connectivity index (χ1) is 11.0. The molecule has 0 aliphatic carbocycles. The first-order valence-electron chi connectivity index (χ1n) is 7.65. The molecule has 0 unspecified atom stereocenters. The third kappa shape index (κ3) is 3.33. The summed E-state index contributed by atoms with van der Waals surface area (Å²) in [6.07, 6.45) is 1.45. The zero-order valence-corrected chi connectivity index (χ0v) is 13.1. The lowest BCUT2D eigenvalue weighted by molar-refractivity contribution is -0.127. The quantitative estimate of drug-likeness (QED) is 0.910. The lowest BCUT2D eigenvalue weighted by Gasteiger charge is -2.13. The van der Waals surface area contributed by atoms with Crippen LogP contribution in [0.1, 0.15) is 31.2 Å². The van der Waals surface area contributed by atoms with Gasteiger partial charge in [0.05, 0.1) is 0 Å². The molecule has 1 aromatic carbocycles. The van der Waals surface area contributed by atoms with E-state index in [1.165, 1.54) is 12.1 Å². The van der Waals surface area contributed by atoms with Crippen molar-refractivity contribution in [2.45, 2.75) is 38.8 Å². The lowest BCUT2D eigenvalue weighted by atomic mass is 10.1. The highest BCUT2D eigenvalue weighted by Crippen LogP contribution is 2.29. The topological polar surface area (TPSA) is 69.0 Å². The molecule has 0 bridgehead atoms. The van der Waals surface area contributed by atoms with Crippen molar-refractivity contribution in [2.24, 2.45) is 0 Å². The molecule has 1 atom stereocenters. The highest BCUT2D eigenvalue weighted by molar-refractivity contribution is 5.82. The fourth-order valence-corrected chi connectivity index (χ4v) is 2.66. The Morgan fingerprint density at radius 2 is 2.35 bits per heavy atom. The number of halogens is 1. The molecule has 1 aliphatic rings. The number of rotatable bonds is 5. The third-order valence-electron chi connectivity index (χ3n) is 3.80. The summed E-state index contributed by atoms with van der Waals surface area (Å²) in [6, 6.07) is 4.30. The van der Waals surface area contributed by atoms with E-state index in [0.717, 1.165) is 11.4 Å². The number of amides is 1. The Bertz CT molecular complexity index is 714. The molecule has 1 amide bonds. The van der Waals surface area contributed by atoms with E-state index in [1.54, 1.807) is 12.4 Å². The maximum atomic E-state index is 13.2. The minimum atomic E-state index is -0.600. The van der Waals surface area contributed by atoms with Crippen molar-refractivity contribution in [3.8, 4) is 5.75 Å². The molecule has 23 heavy (non-hydrogen) atoms. The molecular formula is C16H19FN4O2. The fraction of sp³-hybridized carbons (Fsp3) is 0.438. The molecule has 7 heteroatoms. The lowest BCUT2D eigenvalue weighted by Crippen LogP contribution is -2.39. The Morgan fingerprint density at radius 1 is 1.52 bits per heavy atom. The zero-order chi connectivity index (χ0) is 16.4. The van der Waals surface area contributed by atoms with Gasteiger partial charge in [-0.3, -0.25) is 4.79 Å². The second kappa shape index (κ2) is 6.36. The first kappa shape index (κ1) is 15.5. The van der Waals surface area contributed by atoms with Gasteiger partial charge in [-0.15, -0.1) is 10.2 Å². The summed E-state index contributed by atoms with van der Waals surface area (Å²) < 4.78 is 20.7. The molecule has 122 valence electrons. The first-order valence-corrected chi connectivity index (χ1v) is 7.65. The number of nitrogens with zero attached hydrogens (tertiary/aromatic N) is 3. The predicted octanol–water partition coefficient (Wildman–Crippen LogP) is 1.66. The number of carbonyl (C=O) groups excluding carboxylic acids is 1. The van der Waals surface area contributed by atoms with Gasteiger partial charge in [0.1, 0.15) is 23.7 Å². The number of hydrogen-bond acceptors (Lipinski definition) is 4. The molecule has 2 aromatic rings. The maximum absolute atomic E-state index is 13.2. The molecule has 1 N–H and O–H groups in total. The maximum Gasteiger partial charge on any atom is 0.261 e. The average Bonchev–Trinajstić information content (AvgIpc) is 3.12. The van der Waals surface area contributed by atoms with Gasteiger partial charge < -0.3 is 14.6 Å². The molecule has 1 aliphatic heterocycles. The largest absolute Gasteiger partial charge is 0.480 e. The van der Waals surface area contributed by atoms with Crippen molar-refractivity contribution >= 4 is 5.91 Å². The van der Waals surface area contributed by atoms with Crippen LogP contribution in [0.25, 0.3) is 0 Å². The van der Waals surface area contributed by atoms with E-state index in [-0.39, 0.29) is 17.6 Å². The third-order valence-corrected chi connectivity index (χ3v) is 3.80. The van der Waals surface area contributed by atoms with E-state index in [9.17, 15) is 9.18 Å². The van der Waals surface area contributed by atoms with Crippen LogP contribution >= 0.6 is 0 Å². The summed E-state index contributed by atoms with van der Waals surface area (Å²) >= 11 is 0. The summed E-state index contributed by atoms with van der Waals surface area (Å²) in [4.78, 5) is 12.2. The molecule has 6 nitrogen and oxygen atoms in total. The van der Waals surface area contributed by atoms with Gasteiger partial charge in [0.2, 0.25) is 0 Å². The fourth-order valence-electron chi connectivity index (χ4n) is 2.66. The van der Waals surface area contributed by atoms with Crippen LogP contribution in [-0.4, -0.2) is 33.3 Å². The number of hydrogen-bond donors (Lipinski definition) is 1. The van der Waals surface area contributed by atoms with E-state index in [2.05, 4.69) is 15.5 Å². The Labute approximate surface area is 133 Å². The van der Waals surface area contributed by atoms with Gasteiger partial charge in [0, 0.05) is 31.0 Å². The van der Waals surface area contributed by atoms with Gasteiger partial charge in [-0.05, 0) is 18.2 Å². The number of nitrogens with one attached hydrogen (secondary N) is 1. The second-order valence-corrected chi connectivity index (χ2v) is 5.89. The van der Waals surface area contributed by atoms with Gasteiger partial charge in [0.25, 0.3) is 5.91 Å². The van der Waals surface area contributed by atoms with Crippen LogP contribution in [0, 0.1) is 5.82 Å². The Morgan fingerprint density at radius 3 is 3.13 bits per heavy atom. The normalized spacial score (nSPS) is 16.3. The van der Waals surface area contributed by atoms with E-state index < -0.39 is 6.10 Å². The minimum absolute atomic E-state index is 0.194. The Kier molecular flexibility index (Phi) is 4.27. The van der Waals surface area contributed by atoms with Crippen molar-refractivity contribution in [1.82, 2.24) is 20.1 Å². The van der Waals surface area contributed by atoms with Crippen molar-refractivity contribution in [2.75, 3.05) is 6.54 Å². The van der Waals surface area contributed by atoms with Crippen LogP contribution in [0.2, 0.25) is 0 Å². The van der Waals surface area contributed by atoms with Gasteiger partial charge in [-0.2, -0.15) is 0 Å². The number of ether oxygens (including phenoxy) is 1. The van der Waals surface area contributed by atoms with Crippen LogP contribution in [0.3, 0.4) is 0 Å². The van der Waals surface area contributed by atoms with Gasteiger partial charge in [-0.1, -0.05) is 13.8 Å². The predicted molar refractivity (Wildman–Crippen MR) is 81.6 cm³/mol. The van der Waals surface area contributed by atoms with E-state index in [0.29, 0.717) is 25.3 Å². The van der Waals surface area contributed by atoms with Crippen LogP contribution < -0.4 is 10.1 Å². The van der Waals surface area contributed by atoms with Gasteiger partial charge in [0.15, 0.2) is 6.10 Å². The molecule has 2 heterocycles. The summed E-state index contributed by atoms with van der Waals surface area (Å²) in [5.41, 5.74) is 0.728. The summed E-state index contributed by atoms with van der Waals surface area (Å²) in [5, 5.41) is 10.8. The van der Waals surface area contributed by atoms with E-state index in [4.69, 9.17) is 4.74 Å². The summed E-state index contributed by atoms with van der Waals surface area (Å²) in [7, 11) is 0. The summed E-state index contributed by atoms with van der Waals surface area (Å²) in [5.74, 6) is 1.23. The zero-order valence-electron chi connectivity index (χ0n) is 13.1. The minimum Gasteiger partial charge on any atom is -0.480 e. The highest BCUT2D eigenvalue weighted by atomic mass is 19.1. The van der Waals surface area contributed by atoms with Crippen molar-refractivity contribution in [1.29, 1.82) is 0 Å². The van der Waals surface area contributed by atoms with E-state index in [1.807, 2.05) is 18.4 Å². The summed E-state index contributed by atoms with van der Waals surface area (Å²) in [6.45, 7) is 5.14. The van der Waals surface area contributed by atoms with Crippen molar-refractivity contribution < 1.29 is 13.9 Å². The SMILES string of the molecule is CC(C)c1nncn1CCNC(=O)[C@H]1Cc2cc(F)ccc2O1. The molecule has 3 rings (SSSR count). The molecule has 0 saturated carbocycles. The molecule has 1 aromatic heterocycles. The number of benzene rings is 1. The number of fused-ring (bicyclic) bond motifs is 1. The smallest absolute Gasteiger partial charge is 0.261 e. The molecule has 0 radical (unpaired) electrons. The van der Waals surface area contributed by atoms with Gasteiger partial charge >= 0.3 is 0 Å². The van der Waals surface area contributed by atoms with Crippen molar-refractivity contribution in [3.63, 3.8) is 0 Å². The monoisotopic (exact) mass is 318 g/mol. The van der Waals surface area contributed by atoms with Gasteiger partial charge in [-0.25, -0.2) is 4.39 Å². The Balaban J connectivity index is 1.52. The van der Waals surface area contributed by atoms with E-state index >= 15 is 0 Å². The Hall–Kier alpha value is -2.44. The molecule has 0 fully saturated rings. The second-order valence-electron chi connectivity index (χ2n) is 5.89. The van der Waals surface area contributed by atoms with Crippen LogP contribution in [0.15, 0.2) is 24.5 Å². The highest BCUT2D eigenvalue weighted by Gasteiger charge is 2.29. The molecule has 0 spiro atoms. The standard InChI is InChI=1S/C16H19FN4O2/c1-10(2)15-20-19-9-21(15)6-5-18-16(22)14-8-11-7-12(17)3-4-13(11)23-14/h3-4,7,9-10,14H,5-6,8H2,1-2H3,(H,18,22)/t14-/m1/s1. The average molecular weight is 318 g/mol. The van der Waals surface area contributed by atoms with Crippen molar-refractivity contribution in [3.05, 3.63) is 41.7 Å². The number of aromatic nitrogens is 3. The van der Waals surface area contributed by atoms with Crippen LogP contribution in [-0.2, 0) is 17.8 Å². The van der Waals surface area contributed by atoms with Crippen LogP contribution in [0.5, 0.6) is 5.75 Å². The number of carbonyl (C=O) groups is 1. The molecular weight excluding hydrogens is 299 g/mol.